The molecule has 1 N–H and O–H groups in total. The Labute approximate surface area is 140 Å². The smallest absolute Gasteiger partial charge is 0.411 e. The minimum absolute atomic E-state index is 0.0614. The Bertz CT molecular complexity index is 671. The monoisotopic (exact) mass is 358 g/mol. The molecular formula is C15H19ClN2O4S. The summed E-state index contributed by atoms with van der Waals surface area (Å²) in [7, 11) is -3.17. The van der Waals surface area contributed by atoms with Crippen LogP contribution in [-0.4, -0.2) is 56.2 Å². The normalized spacial score (nSPS) is 27.0. The Morgan fingerprint density at radius 2 is 1.83 bits per heavy atom. The van der Waals surface area contributed by atoms with Crippen molar-refractivity contribution < 1.29 is 17.9 Å². The fourth-order valence-electron chi connectivity index (χ4n) is 3.14. The van der Waals surface area contributed by atoms with Crippen LogP contribution in [0.25, 0.3) is 0 Å². The molecule has 23 heavy (non-hydrogen) atoms. The Kier molecular flexibility index (Phi) is 4.79. The number of sulfone groups is 1. The lowest BCUT2D eigenvalue weighted by atomic mass is 10.2. The van der Waals surface area contributed by atoms with Gasteiger partial charge in [-0.3, -0.25) is 10.2 Å². The van der Waals surface area contributed by atoms with Gasteiger partial charge in [0.1, 0.15) is 6.10 Å². The maximum atomic E-state index is 12.0. The van der Waals surface area contributed by atoms with E-state index >= 15 is 0 Å². The number of carbonyl (C=O) groups is 1. The van der Waals surface area contributed by atoms with Gasteiger partial charge in [-0.05, 0) is 50.2 Å². The van der Waals surface area contributed by atoms with Crippen LogP contribution in [0, 0.1) is 0 Å². The van der Waals surface area contributed by atoms with E-state index in [0.29, 0.717) is 10.7 Å². The fraction of sp³-hybridized carbons (Fsp3) is 0.533. The second kappa shape index (κ2) is 6.67. The van der Waals surface area contributed by atoms with Gasteiger partial charge in [-0.2, -0.15) is 0 Å². The van der Waals surface area contributed by atoms with Crippen molar-refractivity contribution in [1.29, 1.82) is 0 Å². The molecular weight excluding hydrogens is 340 g/mol. The number of nitrogens with one attached hydrogen (secondary N) is 1. The summed E-state index contributed by atoms with van der Waals surface area (Å²) in [4.78, 5) is 14.2. The predicted molar refractivity (Wildman–Crippen MR) is 88.6 cm³/mol. The van der Waals surface area contributed by atoms with Crippen LogP contribution < -0.4 is 5.32 Å². The second-order valence-electron chi connectivity index (χ2n) is 5.96. The van der Waals surface area contributed by atoms with Gasteiger partial charge in [0.25, 0.3) is 0 Å². The maximum absolute atomic E-state index is 12.0. The van der Waals surface area contributed by atoms with E-state index in [2.05, 4.69) is 10.2 Å². The highest BCUT2D eigenvalue weighted by Gasteiger charge is 2.43. The molecule has 2 heterocycles. The second-order valence-corrected chi connectivity index (χ2v) is 8.55. The van der Waals surface area contributed by atoms with Gasteiger partial charge in [0, 0.05) is 10.7 Å². The first kappa shape index (κ1) is 16.5. The van der Waals surface area contributed by atoms with Crippen molar-refractivity contribution in [3.63, 3.8) is 0 Å². The van der Waals surface area contributed by atoms with Gasteiger partial charge < -0.3 is 4.74 Å². The van der Waals surface area contributed by atoms with Crippen LogP contribution in [0.15, 0.2) is 24.3 Å². The molecule has 8 heteroatoms. The van der Waals surface area contributed by atoms with Crippen molar-refractivity contribution in [2.45, 2.75) is 25.0 Å². The number of likely N-dealkylation sites (tertiary alicyclic amines) is 1. The van der Waals surface area contributed by atoms with E-state index in [1.807, 2.05) is 0 Å². The topological polar surface area (TPSA) is 75.7 Å². The molecule has 0 aromatic heterocycles. The summed E-state index contributed by atoms with van der Waals surface area (Å²) >= 11 is 5.79. The van der Waals surface area contributed by atoms with E-state index in [1.165, 1.54) is 0 Å². The number of halogens is 1. The Hall–Kier alpha value is -1.31. The van der Waals surface area contributed by atoms with Gasteiger partial charge in [0.05, 0.1) is 17.5 Å². The number of rotatable bonds is 3. The van der Waals surface area contributed by atoms with Crippen LogP contribution in [-0.2, 0) is 14.6 Å². The summed E-state index contributed by atoms with van der Waals surface area (Å²) < 4.78 is 29.3. The number of benzene rings is 1. The van der Waals surface area contributed by atoms with E-state index in [4.69, 9.17) is 16.3 Å². The number of amides is 1. The molecule has 0 aliphatic carbocycles. The standard InChI is InChI=1S/C15H19ClN2O4S/c16-11-3-5-12(6-4-11)17-15(19)22-14-10-23(20,21)9-13(14)18-7-1-2-8-18/h3-6,13-14H,1-2,7-10H2,(H,17,19)/t13-,14+/m1/s1. The molecule has 2 aliphatic rings. The molecule has 2 fully saturated rings. The van der Waals surface area contributed by atoms with Gasteiger partial charge in [-0.1, -0.05) is 11.6 Å². The lowest BCUT2D eigenvalue weighted by Crippen LogP contribution is -2.43. The zero-order valence-electron chi connectivity index (χ0n) is 12.6. The van der Waals surface area contributed by atoms with Crippen molar-refractivity contribution in [1.82, 2.24) is 4.90 Å². The minimum Gasteiger partial charge on any atom is -0.443 e. The van der Waals surface area contributed by atoms with Crippen molar-refractivity contribution in [2.24, 2.45) is 0 Å². The van der Waals surface area contributed by atoms with Gasteiger partial charge in [-0.15, -0.1) is 0 Å². The Balaban J connectivity index is 1.64. The summed E-state index contributed by atoms with van der Waals surface area (Å²) in [5, 5.41) is 3.17. The molecule has 2 saturated heterocycles. The van der Waals surface area contributed by atoms with Crippen molar-refractivity contribution in [3.8, 4) is 0 Å². The van der Waals surface area contributed by atoms with E-state index < -0.39 is 22.0 Å². The molecule has 0 bridgehead atoms. The van der Waals surface area contributed by atoms with Crippen LogP contribution in [0.4, 0.5) is 10.5 Å². The van der Waals surface area contributed by atoms with Gasteiger partial charge in [0.2, 0.25) is 0 Å². The molecule has 0 radical (unpaired) electrons. The van der Waals surface area contributed by atoms with Crippen LogP contribution in [0.1, 0.15) is 12.8 Å². The first-order valence-electron chi connectivity index (χ1n) is 7.61. The van der Waals surface area contributed by atoms with Gasteiger partial charge >= 0.3 is 6.09 Å². The maximum Gasteiger partial charge on any atom is 0.411 e. The molecule has 3 rings (SSSR count). The van der Waals surface area contributed by atoms with Gasteiger partial charge in [-0.25, -0.2) is 13.2 Å². The molecule has 1 aromatic rings. The zero-order valence-corrected chi connectivity index (χ0v) is 14.1. The lowest BCUT2D eigenvalue weighted by Gasteiger charge is -2.27. The third kappa shape index (κ3) is 4.16. The third-order valence-corrected chi connectivity index (χ3v) is 6.17. The minimum atomic E-state index is -3.17. The molecule has 1 amide bonds. The van der Waals surface area contributed by atoms with E-state index in [1.54, 1.807) is 24.3 Å². The lowest BCUT2D eigenvalue weighted by molar-refractivity contribution is 0.0706. The molecule has 6 nitrogen and oxygen atoms in total. The van der Waals surface area contributed by atoms with E-state index in [-0.39, 0.29) is 17.5 Å². The molecule has 2 atom stereocenters. The first-order chi connectivity index (χ1) is 10.9. The Morgan fingerprint density at radius 3 is 2.48 bits per heavy atom. The number of ether oxygens (including phenoxy) is 1. The van der Waals surface area contributed by atoms with Crippen LogP contribution in [0.3, 0.4) is 0 Å². The SMILES string of the molecule is O=C(Nc1ccc(Cl)cc1)O[C@H]1CS(=O)(=O)C[C@H]1N1CCCC1. The summed E-state index contributed by atoms with van der Waals surface area (Å²) in [6.07, 6.45) is 0.851. The van der Waals surface area contributed by atoms with E-state index in [9.17, 15) is 13.2 Å². The molecule has 0 spiro atoms. The van der Waals surface area contributed by atoms with Crippen molar-refractivity contribution in [2.75, 3.05) is 29.9 Å². The van der Waals surface area contributed by atoms with Crippen LogP contribution >= 0.6 is 11.6 Å². The first-order valence-corrected chi connectivity index (χ1v) is 9.80. The highest BCUT2D eigenvalue weighted by molar-refractivity contribution is 7.91. The average molecular weight is 359 g/mol. The van der Waals surface area contributed by atoms with Gasteiger partial charge in [0.15, 0.2) is 9.84 Å². The third-order valence-electron chi connectivity index (χ3n) is 4.23. The largest absolute Gasteiger partial charge is 0.443 e. The number of nitrogens with zero attached hydrogens (tertiary/aromatic N) is 1. The van der Waals surface area contributed by atoms with Crippen molar-refractivity contribution >= 4 is 33.2 Å². The zero-order chi connectivity index (χ0) is 16.4. The number of carbonyl (C=O) groups excluding carboxylic acids is 1. The van der Waals surface area contributed by atoms with E-state index in [0.717, 1.165) is 25.9 Å². The number of anilines is 1. The summed E-state index contributed by atoms with van der Waals surface area (Å²) in [6, 6.07) is 6.40. The molecule has 0 saturated carbocycles. The molecule has 1 aromatic carbocycles. The quantitative estimate of drug-likeness (QED) is 0.896. The fourth-order valence-corrected chi connectivity index (χ4v) is 5.14. The summed E-state index contributed by atoms with van der Waals surface area (Å²) in [5.41, 5.74) is 0.554. The molecule has 126 valence electrons. The highest BCUT2D eigenvalue weighted by Crippen LogP contribution is 2.25. The number of hydrogen-bond donors (Lipinski definition) is 1. The number of hydrogen-bond acceptors (Lipinski definition) is 5. The highest BCUT2D eigenvalue weighted by atomic mass is 35.5. The summed E-state index contributed by atoms with van der Waals surface area (Å²) in [5.74, 6) is -0.0475. The predicted octanol–water partition coefficient (Wildman–Crippen LogP) is 2.15. The average Bonchev–Trinajstić information content (AvgIpc) is 3.09. The Morgan fingerprint density at radius 1 is 1.17 bits per heavy atom. The van der Waals surface area contributed by atoms with Crippen LogP contribution in [0.5, 0.6) is 0 Å². The molecule has 2 aliphatic heterocycles. The van der Waals surface area contributed by atoms with Crippen molar-refractivity contribution in [3.05, 3.63) is 29.3 Å². The molecule has 0 unspecified atom stereocenters. The summed E-state index contributed by atoms with van der Waals surface area (Å²) in [6.45, 7) is 1.72. The van der Waals surface area contributed by atoms with Crippen LogP contribution in [0.2, 0.25) is 5.02 Å².